The van der Waals surface area contributed by atoms with Crippen molar-refractivity contribution < 1.29 is 19.4 Å². The van der Waals surface area contributed by atoms with Gasteiger partial charge in [-0.05, 0) is 35.9 Å². The second kappa shape index (κ2) is 8.02. The van der Waals surface area contributed by atoms with Crippen LogP contribution in [0.5, 0.6) is 5.75 Å². The Morgan fingerprint density at radius 1 is 1.07 bits per heavy atom. The zero-order valence-corrected chi connectivity index (χ0v) is 15.5. The molecule has 4 rings (SSSR count). The molecule has 29 heavy (non-hydrogen) atoms. The number of ether oxygens (including phenoxy) is 1. The minimum absolute atomic E-state index is 0.0620. The Morgan fingerprint density at radius 3 is 2.69 bits per heavy atom. The molecule has 1 aliphatic rings. The Kier molecular flexibility index (Phi) is 5.11. The fourth-order valence-electron chi connectivity index (χ4n) is 3.18. The van der Waals surface area contributed by atoms with E-state index in [4.69, 9.17) is 9.84 Å². The molecule has 0 saturated heterocycles. The second-order valence-electron chi connectivity index (χ2n) is 6.59. The number of benzene rings is 2. The topological polar surface area (TPSA) is 91.8 Å². The van der Waals surface area contributed by atoms with Gasteiger partial charge in [0.2, 0.25) is 0 Å². The molecule has 0 atom stereocenters. The average Bonchev–Trinajstić information content (AvgIpc) is 2.73. The number of carboxylic acids is 1. The third-order valence-electron chi connectivity index (χ3n) is 4.52. The second-order valence-corrected chi connectivity index (χ2v) is 6.59. The summed E-state index contributed by atoms with van der Waals surface area (Å²) in [7, 11) is 0. The monoisotopic (exact) mass is 389 g/mol. The molecule has 2 N–H and O–H groups in total. The molecular formula is C22H19N3O4. The summed E-state index contributed by atoms with van der Waals surface area (Å²) < 4.78 is 5.66. The van der Waals surface area contributed by atoms with E-state index < -0.39 is 5.97 Å². The number of hydrogen-bond acceptors (Lipinski definition) is 4. The maximum Gasteiger partial charge on any atom is 0.327 e. The lowest BCUT2D eigenvalue weighted by Gasteiger charge is -2.28. The number of nitrogens with zero attached hydrogens (tertiary/aromatic N) is 2. The van der Waals surface area contributed by atoms with Gasteiger partial charge in [-0.15, -0.1) is 0 Å². The van der Waals surface area contributed by atoms with Crippen LogP contribution in [0.1, 0.15) is 5.56 Å². The minimum atomic E-state index is -0.891. The molecule has 3 aromatic rings. The van der Waals surface area contributed by atoms with Crippen molar-refractivity contribution in [3.63, 3.8) is 0 Å². The molecule has 146 valence electrons. The van der Waals surface area contributed by atoms with Crippen molar-refractivity contribution in [2.45, 2.75) is 6.42 Å². The average molecular weight is 389 g/mol. The van der Waals surface area contributed by atoms with Gasteiger partial charge >= 0.3 is 12.0 Å². The molecule has 7 nitrogen and oxygen atoms in total. The summed E-state index contributed by atoms with van der Waals surface area (Å²) in [6.45, 7) is 0.755. The largest absolute Gasteiger partial charge is 0.488 e. The molecule has 7 heteroatoms. The van der Waals surface area contributed by atoms with Gasteiger partial charge in [0.15, 0.2) is 11.6 Å². The minimum Gasteiger partial charge on any atom is -0.488 e. The molecule has 1 aromatic heterocycles. The molecule has 0 fully saturated rings. The Bertz CT molecular complexity index is 1050. The molecule has 0 aliphatic carbocycles. The molecular weight excluding hydrogens is 370 g/mol. The van der Waals surface area contributed by atoms with Crippen LogP contribution in [0.15, 0.2) is 66.7 Å². The first kappa shape index (κ1) is 18.5. The van der Waals surface area contributed by atoms with Gasteiger partial charge < -0.3 is 15.2 Å². The normalized spacial score (nSPS) is 12.6. The number of pyridine rings is 1. The standard InChI is InChI=1S/C22H19N3O4/c26-20(27)14-15-5-4-6-16(13-15)18-9-10-19-21(24-18)25(11-12-29-19)22(28)23-17-7-2-1-3-8-17/h1-10,13H,11-12,14H2,(H,23,28)(H,26,27). The number of hydrogen-bond donors (Lipinski definition) is 2. The molecule has 1 aliphatic heterocycles. The lowest BCUT2D eigenvalue weighted by Crippen LogP contribution is -2.41. The number of nitrogens with one attached hydrogen (secondary N) is 1. The third kappa shape index (κ3) is 4.19. The van der Waals surface area contributed by atoms with E-state index in [-0.39, 0.29) is 12.5 Å². The number of fused-ring (bicyclic) bond motifs is 1. The first-order valence-corrected chi connectivity index (χ1v) is 9.19. The fourth-order valence-corrected chi connectivity index (χ4v) is 3.18. The lowest BCUT2D eigenvalue weighted by molar-refractivity contribution is -0.136. The van der Waals surface area contributed by atoms with Crippen LogP contribution in [-0.2, 0) is 11.2 Å². The predicted octanol–water partition coefficient (Wildman–Crippen LogP) is 3.81. The van der Waals surface area contributed by atoms with Crippen LogP contribution in [-0.4, -0.2) is 35.2 Å². The van der Waals surface area contributed by atoms with Crippen LogP contribution in [0.4, 0.5) is 16.3 Å². The summed E-state index contributed by atoms with van der Waals surface area (Å²) in [5, 5.41) is 11.9. The van der Waals surface area contributed by atoms with Gasteiger partial charge in [-0.1, -0.05) is 36.4 Å². The van der Waals surface area contributed by atoms with E-state index >= 15 is 0 Å². The molecule has 0 unspecified atom stereocenters. The highest BCUT2D eigenvalue weighted by atomic mass is 16.5. The number of rotatable bonds is 4. The summed E-state index contributed by atoms with van der Waals surface area (Å²) in [6.07, 6.45) is -0.0620. The van der Waals surface area contributed by atoms with E-state index in [1.54, 1.807) is 35.2 Å². The van der Waals surface area contributed by atoms with Crippen molar-refractivity contribution >= 4 is 23.5 Å². The fraction of sp³-hybridized carbons (Fsp3) is 0.136. The first-order chi connectivity index (χ1) is 14.1. The Hall–Kier alpha value is -3.87. The summed E-state index contributed by atoms with van der Waals surface area (Å²) in [4.78, 5) is 30.0. The van der Waals surface area contributed by atoms with Gasteiger partial charge in [0.1, 0.15) is 6.61 Å². The molecule has 2 aromatic carbocycles. The zero-order valence-electron chi connectivity index (χ0n) is 15.5. The number of carbonyl (C=O) groups excluding carboxylic acids is 1. The number of urea groups is 1. The molecule has 0 bridgehead atoms. The number of para-hydroxylation sites is 1. The maximum atomic E-state index is 12.8. The number of anilines is 2. The van der Waals surface area contributed by atoms with E-state index in [9.17, 15) is 9.59 Å². The van der Waals surface area contributed by atoms with Gasteiger partial charge in [-0.2, -0.15) is 0 Å². The van der Waals surface area contributed by atoms with Crippen LogP contribution in [0.3, 0.4) is 0 Å². The maximum absolute atomic E-state index is 12.8. The molecule has 0 saturated carbocycles. The Balaban J connectivity index is 1.63. The van der Waals surface area contributed by atoms with Crippen LogP contribution in [0.2, 0.25) is 0 Å². The van der Waals surface area contributed by atoms with Gasteiger partial charge in [0.05, 0.1) is 18.7 Å². The first-order valence-electron chi connectivity index (χ1n) is 9.19. The number of carboxylic acid groups (broad SMARTS) is 1. The molecule has 0 spiro atoms. The summed E-state index contributed by atoms with van der Waals surface area (Å²) >= 11 is 0. The highest BCUT2D eigenvalue weighted by molar-refractivity contribution is 6.02. The smallest absolute Gasteiger partial charge is 0.327 e. The van der Waals surface area contributed by atoms with E-state index in [0.717, 1.165) is 5.56 Å². The number of aliphatic carboxylic acids is 1. The quantitative estimate of drug-likeness (QED) is 0.708. The van der Waals surface area contributed by atoms with Crippen molar-refractivity contribution in [2.24, 2.45) is 0 Å². The van der Waals surface area contributed by atoms with E-state index in [2.05, 4.69) is 10.3 Å². The van der Waals surface area contributed by atoms with Crippen LogP contribution < -0.4 is 15.0 Å². The van der Waals surface area contributed by atoms with Crippen LogP contribution in [0.25, 0.3) is 11.3 Å². The van der Waals surface area contributed by atoms with Crippen molar-refractivity contribution in [2.75, 3.05) is 23.4 Å². The van der Waals surface area contributed by atoms with Gasteiger partial charge in [0, 0.05) is 11.3 Å². The van der Waals surface area contributed by atoms with E-state index in [0.29, 0.717) is 41.7 Å². The summed E-state index contributed by atoms with van der Waals surface area (Å²) in [6, 6.07) is 19.7. The van der Waals surface area contributed by atoms with Crippen molar-refractivity contribution in [1.29, 1.82) is 0 Å². The highest BCUT2D eigenvalue weighted by Crippen LogP contribution is 2.33. The SMILES string of the molecule is O=C(O)Cc1cccc(-c2ccc3c(n2)N(C(=O)Nc2ccccc2)CCO3)c1. The van der Waals surface area contributed by atoms with Gasteiger partial charge in [-0.25, -0.2) is 9.78 Å². The van der Waals surface area contributed by atoms with E-state index in [1.165, 1.54) is 0 Å². The Morgan fingerprint density at radius 2 is 1.90 bits per heavy atom. The van der Waals surface area contributed by atoms with Gasteiger partial charge in [0.25, 0.3) is 0 Å². The molecule has 2 heterocycles. The zero-order chi connectivity index (χ0) is 20.2. The third-order valence-corrected chi connectivity index (χ3v) is 4.52. The van der Waals surface area contributed by atoms with Crippen molar-refractivity contribution in [3.8, 4) is 17.0 Å². The Labute approximate surface area is 167 Å². The summed E-state index contributed by atoms with van der Waals surface area (Å²) in [5.41, 5.74) is 2.80. The van der Waals surface area contributed by atoms with E-state index in [1.807, 2.05) is 36.4 Å². The number of aromatic nitrogens is 1. The molecule has 0 radical (unpaired) electrons. The van der Waals surface area contributed by atoms with Crippen molar-refractivity contribution in [1.82, 2.24) is 4.98 Å². The summed E-state index contributed by atoms with van der Waals surface area (Å²) in [5.74, 6) is 0.0772. The lowest BCUT2D eigenvalue weighted by atomic mass is 10.1. The number of amides is 2. The van der Waals surface area contributed by atoms with Crippen LogP contribution >= 0.6 is 0 Å². The van der Waals surface area contributed by atoms with Crippen molar-refractivity contribution in [3.05, 3.63) is 72.3 Å². The number of carbonyl (C=O) groups is 2. The van der Waals surface area contributed by atoms with Gasteiger partial charge in [-0.3, -0.25) is 9.69 Å². The predicted molar refractivity (Wildman–Crippen MR) is 109 cm³/mol. The highest BCUT2D eigenvalue weighted by Gasteiger charge is 2.26. The molecule has 2 amide bonds. The van der Waals surface area contributed by atoms with Crippen LogP contribution in [0, 0.1) is 0 Å².